The summed E-state index contributed by atoms with van der Waals surface area (Å²) in [5.74, 6) is 0. The Hall–Kier alpha value is -0.141. The Morgan fingerprint density at radius 2 is 0.769 bits per heavy atom. The van der Waals surface area contributed by atoms with Crippen LogP contribution in [0.5, 0.6) is 0 Å². The van der Waals surface area contributed by atoms with Gasteiger partial charge in [0.2, 0.25) is 0 Å². The second-order valence-corrected chi connectivity index (χ2v) is 1.22. The summed E-state index contributed by atoms with van der Waals surface area (Å²) in [5, 5.41) is 0. The molecule has 0 fully saturated rings. The molecule has 0 saturated carbocycles. The van der Waals surface area contributed by atoms with Gasteiger partial charge in [-0.1, -0.05) is 0 Å². The fourth-order valence-electron chi connectivity index (χ4n) is 0. The Bertz CT molecular complexity index is 109. The minimum absolute atomic E-state index is 0. The second kappa shape index (κ2) is 40.7. The molecule has 0 saturated heterocycles. The van der Waals surface area contributed by atoms with Gasteiger partial charge in [0.1, 0.15) is 6.79 Å². The third kappa shape index (κ3) is 58400. The van der Waals surface area contributed by atoms with Gasteiger partial charge in [0.15, 0.2) is 0 Å². The summed E-state index contributed by atoms with van der Waals surface area (Å²) in [6, 6.07) is 0. The van der Waals surface area contributed by atoms with E-state index >= 15 is 0 Å². The van der Waals surface area contributed by atoms with Gasteiger partial charge in [0, 0.05) is 10.4 Å². The molecule has 0 rings (SSSR count). The van der Waals surface area contributed by atoms with Crippen LogP contribution >= 0.6 is 0 Å². The van der Waals surface area contributed by atoms with Crippen molar-refractivity contribution in [3.05, 3.63) is 0 Å². The van der Waals surface area contributed by atoms with Crippen LogP contribution in [0.2, 0.25) is 0 Å². The Labute approximate surface area is 84.5 Å². The third-order valence-electron chi connectivity index (χ3n) is 0. The molecule has 0 spiro atoms. The molecule has 0 unspecified atom stereocenters. The van der Waals surface area contributed by atoms with Crippen LogP contribution in [0.25, 0.3) is 0 Å². The van der Waals surface area contributed by atoms with Crippen molar-refractivity contribution < 1.29 is 66.8 Å². The topological polar surface area (TPSA) is 255 Å². The molecule has 12 heteroatoms. The molecular weight excluding hydrogens is 268 g/mol. The van der Waals surface area contributed by atoms with E-state index in [4.69, 9.17) is 22.3 Å². The molecule has 93 valence electrons. The summed E-state index contributed by atoms with van der Waals surface area (Å²) < 4.78 is 34.1. The van der Waals surface area contributed by atoms with E-state index in [1.807, 2.05) is 6.79 Å². The van der Waals surface area contributed by atoms with Crippen LogP contribution in [0.15, 0.2) is 0 Å². The first-order valence-electron chi connectivity index (χ1n) is 0.955. The predicted molar refractivity (Wildman–Crippen MR) is 35.7 cm³/mol. The van der Waals surface area contributed by atoms with Crippen LogP contribution in [-0.2, 0) is 32.3 Å². The Kier molecular flexibility index (Phi) is 240. The number of hydrogen-bond acceptors (Lipinski definition) is 5. The number of carbonyl (C=O) groups excluding carboxylic acids is 1. The average Bonchev–Trinajstić information content (AvgIpc) is 1.36. The van der Waals surface area contributed by atoms with Gasteiger partial charge in [-0.3, -0.25) is 8.42 Å². The molecule has 0 amide bonds. The van der Waals surface area contributed by atoms with Crippen molar-refractivity contribution in [2.45, 2.75) is 0 Å². The van der Waals surface area contributed by atoms with Crippen LogP contribution < -0.4 is 0 Å². The molecule has 0 aliphatic rings. The minimum atomic E-state index is -5.17. The van der Waals surface area contributed by atoms with E-state index in [2.05, 4.69) is 0 Å². The zero-order valence-corrected chi connectivity index (χ0v) is 7.72. The van der Waals surface area contributed by atoms with Crippen LogP contribution in [0.3, 0.4) is 0 Å². The van der Waals surface area contributed by atoms with Gasteiger partial charge in [0.25, 0.3) is 0 Å². The molecule has 0 aliphatic carbocycles. The van der Waals surface area contributed by atoms with Gasteiger partial charge < -0.3 is 41.3 Å². The summed E-state index contributed by atoms with van der Waals surface area (Å²) in [7, 11) is -5.17. The van der Waals surface area contributed by atoms with Gasteiger partial charge in [-0.25, -0.2) is 0 Å². The number of rotatable bonds is 0. The molecule has 0 aromatic carbocycles. The van der Waals surface area contributed by atoms with E-state index in [-0.39, 0.29) is 44.4 Å². The van der Waals surface area contributed by atoms with Gasteiger partial charge in [0.05, 0.1) is 0 Å². The fraction of sp³-hybridized carbons (Fsp3) is 0. The first kappa shape index (κ1) is 76.6. The maximum absolute atomic E-state index is 8.52. The summed E-state index contributed by atoms with van der Waals surface area (Å²) in [4.78, 5) is 8.00. The molecular formula is CH12CuO10S. The van der Waals surface area contributed by atoms with E-state index < -0.39 is 10.4 Å². The van der Waals surface area contributed by atoms with Crippen molar-refractivity contribution in [2.75, 3.05) is 0 Å². The number of hydrogen-bond donors (Lipinski definition) is 0. The van der Waals surface area contributed by atoms with Crippen molar-refractivity contribution in [3.63, 3.8) is 0 Å². The van der Waals surface area contributed by atoms with Gasteiger partial charge in [-0.05, 0) is 0 Å². The Morgan fingerprint density at radius 1 is 0.769 bits per heavy atom. The van der Waals surface area contributed by atoms with Crippen molar-refractivity contribution >= 4 is 17.2 Å². The predicted octanol–water partition coefficient (Wildman–Crippen LogP) is -5.65. The zero-order valence-electron chi connectivity index (χ0n) is 5.96. The molecule has 10 N–H and O–H groups in total. The van der Waals surface area contributed by atoms with E-state index in [9.17, 15) is 0 Å². The van der Waals surface area contributed by atoms with Crippen molar-refractivity contribution in [2.24, 2.45) is 0 Å². The average molecular weight is 280 g/mol. The zero-order chi connectivity index (χ0) is 6.50. The quantitative estimate of drug-likeness (QED) is 0.238. The van der Waals surface area contributed by atoms with Crippen molar-refractivity contribution in [3.8, 4) is 0 Å². The Balaban J connectivity index is -0.00000000492. The molecule has 0 bridgehead atoms. The number of carbonyl (C=O) groups is 1. The van der Waals surface area contributed by atoms with Crippen LogP contribution in [-0.4, -0.2) is 51.7 Å². The van der Waals surface area contributed by atoms with Crippen LogP contribution in [0.1, 0.15) is 0 Å². The molecule has 0 aromatic heterocycles. The second-order valence-electron chi connectivity index (χ2n) is 0.408. The molecule has 13 heavy (non-hydrogen) atoms. The fourth-order valence-corrected chi connectivity index (χ4v) is 0. The summed E-state index contributed by atoms with van der Waals surface area (Å²) in [6.07, 6.45) is 0. The standard InChI is InChI=1S/CH2O.Cu.H2O4S.5H2O/c1-2;;1-5(2,3)4;;;;;/h1H2;;(H2,1,2,3,4);5*1H2/q;+2;;;;;;/p-2. The van der Waals surface area contributed by atoms with Crippen molar-refractivity contribution in [1.82, 2.24) is 0 Å². The Morgan fingerprint density at radius 3 is 0.769 bits per heavy atom. The first-order chi connectivity index (χ1) is 3.00. The molecule has 1 radical (unpaired) electrons. The van der Waals surface area contributed by atoms with Gasteiger partial charge in [-0.2, -0.15) is 0 Å². The van der Waals surface area contributed by atoms with Gasteiger partial charge in [-0.15, -0.1) is 0 Å². The maximum atomic E-state index is 8.52. The van der Waals surface area contributed by atoms with E-state index in [0.29, 0.717) is 0 Å². The van der Waals surface area contributed by atoms with E-state index in [1.54, 1.807) is 0 Å². The molecule has 0 atom stereocenters. The van der Waals surface area contributed by atoms with E-state index in [0.717, 1.165) is 0 Å². The summed E-state index contributed by atoms with van der Waals surface area (Å²) in [6.45, 7) is 2.00. The normalized spacial score (nSPS) is 4.77. The van der Waals surface area contributed by atoms with E-state index in [1.165, 1.54) is 0 Å². The minimum Gasteiger partial charge on any atom is -0.759 e. The summed E-state index contributed by atoms with van der Waals surface area (Å²) in [5.41, 5.74) is 0. The maximum Gasteiger partial charge on any atom is 2.00 e. The van der Waals surface area contributed by atoms with Gasteiger partial charge >= 0.3 is 17.1 Å². The monoisotopic (exact) mass is 279 g/mol. The largest absolute Gasteiger partial charge is 2.00 e. The molecule has 10 nitrogen and oxygen atoms in total. The molecule has 0 aliphatic heterocycles. The summed E-state index contributed by atoms with van der Waals surface area (Å²) >= 11 is 0. The SMILES string of the molecule is C=O.O.O.O.O.O.O=S(=O)([O-])[O-].[Cu+2]. The van der Waals surface area contributed by atoms with Crippen LogP contribution in [0.4, 0.5) is 0 Å². The third-order valence-corrected chi connectivity index (χ3v) is 0. The molecule has 0 heterocycles. The van der Waals surface area contributed by atoms with Crippen LogP contribution in [0, 0.1) is 0 Å². The van der Waals surface area contributed by atoms with Crippen molar-refractivity contribution in [1.29, 1.82) is 0 Å². The smallest absolute Gasteiger partial charge is 0.759 e. The first-order valence-corrected chi connectivity index (χ1v) is 2.29. The molecule has 0 aromatic rings.